The van der Waals surface area contributed by atoms with Crippen molar-refractivity contribution in [1.29, 1.82) is 0 Å². The monoisotopic (exact) mass is 871 g/mol. The average Bonchev–Trinajstić information content (AvgIpc) is 3.35. The summed E-state index contributed by atoms with van der Waals surface area (Å²) in [5.41, 5.74) is 8.16. The Morgan fingerprint density at radius 1 is 0.409 bits per heavy atom. The topological polar surface area (TPSA) is 55.7 Å². The molecule has 4 aliphatic carbocycles. The minimum atomic E-state index is -2.59. The first kappa shape index (κ1) is 39.6. The van der Waals surface area contributed by atoms with Gasteiger partial charge >= 0.3 is 0 Å². The molecule has 0 unspecified atom stereocenters. The predicted molar refractivity (Wildman–Crippen MR) is 275 cm³/mol. The minimum absolute atomic E-state index is 0.0864. The first-order chi connectivity index (χ1) is 32.3. The van der Waals surface area contributed by atoms with Crippen molar-refractivity contribution in [2.45, 2.75) is 37.5 Å². The zero-order valence-corrected chi connectivity index (χ0v) is 38.3. The number of hydrogen-bond donors (Lipinski definition) is 0. The fraction of sp³-hybridized carbons (Fsp3) is 0.197. The third-order valence-corrected chi connectivity index (χ3v) is 17.4. The Morgan fingerprint density at radius 2 is 0.818 bits per heavy atom. The van der Waals surface area contributed by atoms with Crippen molar-refractivity contribution in [3.05, 3.63) is 193 Å². The Kier molecular flexibility index (Phi) is 9.10. The van der Waals surface area contributed by atoms with Gasteiger partial charge in [0.25, 0.3) is 0 Å². The molecule has 66 heavy (non-hydrogen) atoms. The van der Waals surface area contributed by atoms with Crippen LogP contribution in [0.5, 0.6) is 0 Å². The Morgan fingerprint density at radius 3 is 1.32 bits per heavy atom. The molecule has 4 nitrogen and oxygen atoms in total. The number of nitrogens with zero attached hydrogens (tertiary/aromatic N) is 3. The van der Waals surface area contributed by atoms with E-state index in [4.69, 9.17) is 15.0 Å². The summed E-state index contributed by atoms with van der Waals surface area (Å²) in [5.74, 6) is 4.86. The summed E-state index contributed by atoms with van der Waals surface area (Å²) in [7, 11) is -2.59. The quantitative estimate of drug-likeness (QED) is 0.118. The maximum absolute atomic E-state index is 13.9. The molecule has 4 fully saturated rings. The third kappa shape index (κ3) is 6.18. The number of rotatable bonds is 7. The lowest BCUT2D eigenvalue weighted by Crippen LogP contribution is -2.56. The zero-order valence-electron chi connectivity index (χ0n) is 37.4. The second kappa shape index (κ2) is 15.2. The van der Waals surface area contributed by atoms with E-state index in [1.165, 1.54) is 54.4 Å². The van der Waals surface area contributed by atoms with Crippen LogP contribution in [-0.4, -0.2) is 28.3 Å². The van der Waals surface area contributed by atoms with E-state index in [1.54, 1.807) is 0 Å². The molecule has 0 amide bonds. The lowest BCUT2D eigenvalue weighted by Gasteiger charge is -2.62. The fourth-order valence-electron chi connectivity index (χ4n) is 13.4. The van der Waals surface area contributed by atoms with Gasteiger partial charge in [0.1, 0.15) is 7.14 Å². The molecule has 1 heterocycles. The van der Waals surface area contributed by atoms with Gasteiger partial charge in [0.15, 0.2) is 17.5 Å². The van der Waals surface area contributed by atoms with Crippen molar-refractivity contribution in [3.63, 3.8) is 0 Å². The van der Waals surface area contributed by atoms with Crippen LogP contribution in [0.1, 0.15) is 43.2 Å². The summed E-state index contributed by atoms with van der Waals surface area (Å²) in [6, 6.07) is 66.0. The van der Waals surface area contributed by atoms with Crippen LogP contribution >= 0.6 is 7.14 Å². The largest absolute Gasteiger partial charge is 0.319 e. The van der Waals surface area contributed by atoms with E-state index in [9.17, 15) is 4.57 Å². The van der Waals surface area contributed by atoms with Crippen molar-refractivity contribution in [3.8, 4) is 45.3 Å². The molecule has 14 rings (SSSR count). The molecule has 4 bridgehead atoms. The van der Waals surface area contributed by atoms with Gasteiger partial charge in [0, 0.05) is 27.4 Å². The molecule has 10 aromatic rings. The van der Waals surface area contributed by atoms with Gasteiger partial charge in [0.2, 0.25) is 0 Å². The van der Waals surface area contributed by atoms with Crippen LogP contribution in [0.2, 0.25) is 0 Å². The number of benzene rings is 9. The van der Waals surface area contributed by atoms with Gasteiger partial charge in [-0.3, -0.25) is 0 Å². The normalized spacial score (nSPS) is 21.3. The van der Waals surface area contributed by atoms with E-state index in [-0.39, 0.29) is 5.41 Å². The van der Waals surface area contributed by atoms with Crippen molar-refractivity contribution < 1.29 is 4.57 Å². The van der Waals surface area contributed by atoms with E-state index in [1.807, 2.05) is 31.5 Å². The SMILES string of the molecule is CP(C)(=O)c1c2ccccc2c(-c2ccc(C3(c4ccc(-c5nc(-c6ccccc6)nc(-c6c7ccccc7cc7ccccc67)n5)cc4)C4CC5CC(C4)CC3C5)cc2)c2ccccc12. The average molecular weight is 872 g/mol. The molecule has 4 saturated carbocycles. The van der Waals surface area contributed by atoms with Crippen LogP contribution in [0.4, 0.5) is 0 Å². The highest BCUT2D eigenvalue weighted by Gasteiger charge is 2.58. The van der Waals surface area contributed by atoms with Crippen molar-refractivity contribution >= 4 is 55.5 Å². The van der Waals surface area contributed by atoms with Gasteiger partial charge in [-0.05, 0) is 141 Å². The summed E-state index contributed by atoms with van der Waals surface area (Å²) in [4.78, 5) is 15.8. The Hall–Kier alpha value is -6.74. The molecule has 0 saturated heterocycles. The Balaban J connectivity index is 0.956. The first-order valence-electron chi connectivity index (χ1n) is 23.7. The predicted octanol–water partition coefficient (Wildman–Crippen LogP) is 15.1. The smallest absolute Gasteiger partial charge is 0.165 e. The Bertz CT molecular complexity index is 3460. The maximum Gasteiger partial charge on any atom is 0.165 e. The highest BCUT2D eigenvalue weighted by Crippen LogP contribution is 2.65. The van der Waals surface area contributed by atoms with Crippen molar-refractivity contribution in [1.82, 2.24) is 15.0 Å². The molecule has 1 aromatic heterocycles. The first-order valence-corrected chi connectivity index (χ1v) is 26.3. The molecular formula is C61H50N3OP. The highest BCUT2D eigenvalue weighted by atomic mass is 31.2. The lowest BCUT2D eigenvalue weighted by molar-refractivity contribution is -0.0418. The molecule has 0 aliphatic heterocycles. The highest BCUT2D eigenvalue weighted by molar-refractivity contribution is 7.71. The summed E-state index contributed by atoms with van der Waals surface area (Å²) >= 11 is 0. The van der Waals surface area contributed by atoms with Gasteiger partial charge in [-0.25, -0.2) is 15.0 Å². The standard InChI is InChI=1S/C61H50N3OP/c1-66(2,65)57-53-22-12-10-20-51(53)55(52-21-11-13-23-54(52)57)40-24-28-45(29-25-40)61(47-33-38-32-39(35-47)36-48(61)34-38)46-30-26-42(27-31-46)59-62-58(41-14-4-3-5-15-41)63-60(64-59)56-49-18-8-6-16-43(49)37-44-17-7-9-19-50(44)56/h3-31,37-39,47-48H,32-36H2,1-2H3. The second-order valence-electron chi connectivity index (χ2n) is 19.9. The van der Waals surface area contributed by atoms with E-state index in [0.717, 1.165) is 76.9 Å². The molecule has 9 aromatic carbocycles. The van der Waals surface area contributed by atoms with E-state index in [0.29, 0.717) is 29.3 Å². The van der Waals surface area contributed by atoms with Crippen LogP contribution in [0, 0.1) is 23.7 Å². The van der Waals surface area contributed by atoms with Crippen LogP contribution in [-0.2, 0) is 9.98 Å². The molecule has 0 N–H and O–H groups in total. The van der Waals surface area contributed by atoms with E-state index >= 15 is 0 Å². The summed E-state index contributed by atoms with van der Waals surface area (Å²) in [6.45, 7) is 3.81. The molecular weight excluding hydrogens is 822 g/mol. The molecule has 4 aliphatic rings. The van der Waals surface area contributed by atoms with Gasteiger partial charge < -0.3 is 4.57 Å². The van der Waals surface area contributed by atoms with Gasteiger partial charge in [0.05, 0.1) is 0 Å². The summed E-state index contributed by atoms with van der Waals surface area (Å²) in [6.07, 6.45) is 6.56. The minimum Gasteiger partial charge on any atom is -0.319 e. The summed E-state index contributed by atoms with van der Waals surface area (Å²) < 4.78 is 13.9. The van der Waals surface area contributed by atoms with Crippen LogP contribution in [0.25, 0.3) is 88.4 Å². The lowest BCUT2D eigenvalue weighted by atomic mass is 9.42. The van der Waals surface area contributed by atoms with Gasteiger partial charge in [-0.15, -0.1) is 0 Å². The van der Waals surface area contributed by atoms with Crippen molar-refractivity contribution in [2.24, 2.45) is 23.7 Å². The summed E-state index contributed by atoms with van der Waals surface area (Å²) in [5, 5.41) is 10.1. The molecule has 0 radical (unpaired) electrons. The van der Waals surface area contributed by atoms with Crippen molar-refractivity contribution in [2.75, 3.05) is 13.3 Å². The second-order valence-corrected chi connectivity index (χ2v) is 23.0. The molecule has 0 spiro atoms. The number of aromatic nitrogens is 3. The zero-order chi connectivity index (χ0) is 44.1. The van der Waals surface area contributed by atoms with E-state index in [2.05, 4.69) is 164 Å². The Labute approximate surface area is 386 Å². The van der Waals surface area contributed by atoms with Crippen LogP contribution in [0.3, 0.4) is 0 Å². The number of hydrogen-bond acceptors (Lipinski definition) is 4. The van der Waals surface area contributed by atoms with Gasteiger partial charge in [-0.1, -0.05) is 176 Å². The molecule has 320 valence electrons. The fourth-order valence-corrected chi connectivity index (χ4v) is 15.0. The molecule has 5 heteroatoms. The maximum atomic E-state index is 13.9. The van der Waals surface area contributed by atoms with Gasteiger partial charge in [-0.2, -0.15) is 0 Å². The van der Waals surface area contributed by atoms with E-state index < -0.39 is 7.14 Å². The molecule has 0 atom stereocenters. The van der Waals surface area contributed by atoms with Crippen LogP contribution < -0.4 is 5.30 Å². The third-order valence-electron chi connectivity index (χ3n) is 15.8. The number of fused-ring (bicyclic) bond motifs is 4. The van der Waals surface area contributed by atoms with Crippen LogP contribution in [0.15, 0.2) is 182 Å².